The smallest absolute Gasteiger partial charge is 0.258 e. The number of hydrogen-bond acceptors (Lipinski definition) is 6. The van der Waals surface area contributed by atoms with E-state index in [4.69, 9.17) is 4.74 Å². The van der Waals surface area contributed by atoms with Crippen LogP contribution in [0.2, 0.25) is 0 Å². The van der Waals surface area contributed by atoms with Crippen LogP contribution in [0, 0.1) is 18.7 Å². The van der Waals surface area contributed by atoms with Crippen molar-refractivity contribution >= 4 is 5.91 Å². The summed E-state index contributed by atoms with van der Waals surface area (Å²) in [5, 5.41) is 12.8. The Hall–Kier alpha value is -3.92. The molecule has 9 nitrogen and oxygen atoms in total. The number of pyridine rings is 1. The van der Waals surface area contributed by atoms with Crippen LogP contribution >= 0.6 is 0 Å². The van der Waals surface area contributed by atoms with Gasteiger partial charge < -0.3 is 9.64 Å². The van der Waals surface area contributed by atoms with Crippen LogP contribution in [0.3, 0.4) is 0 Å². The highest BCUT2D eigenvalue weighted by molar-refractivity contribution is 5.98. The fourth-order valence-corrected chi connectivity index (χ4v) is 4.03. The van der Waals surface area contributed by atoms with Crippen molar-refractivity contribution in [1.82, 2.24) is 34.7 Å². The maximum Gasteiger partial charge on any atom is 0.258 e. The van der Waals surface area contributed by atoms with Gasteiger partial charge in [0.1, 0.15) is 5.82 Å². The predicted molar refractivity (Wildman–Crippen MR) is 121 cm³/mol. The molecule has 0 spiro atoms. The largest absolute Gasteiger partial charge is 0.356 e. The van der Waals surface area contributed by atoms with Gasteiger partial charge in [-0.1, -0.05) is 18.6 Å². The van der Waals surface area contributed by atoms with Crippen LogP contribution in [0.5, 0.6) is 0 Å². The minimum absolute atomic E-state index is 0.153. The lowest BCUT2D eigenvalue weighted by Crippen LogP contribution is -2.51. The molecule has 4 aromatic rings. The van der Waals surface area contributed by atoms with Crippen molar-refractivity contribution in [2.24, 2.45) is 5.92 Å². The van der Waals surface area contributed by atoms with Crippen molar-refractivity contribution in [3.8, 4) is 16.9 Å². The van der Waals surface area contributed by atoms with Crippen LogP contribution in [0.15, 0.2) is 61.3 Å². The highest BCUT2D eigenvalue weighted by atomic mass is 19.1. The Labute approximate surface area is 195 Å². The quantitative estimate of drug-likeness (QED) is 0.454. The van der Waals surface area contributed by atoms with Gasteiger partial charge in [-0.25, -0.2) is 4.39 Å². The predicted octanol–water partition coefficient (Wildman–Crippen LogP) is 3.11. The first-order chi connectivity index (χ1) is 16.5. The molecule has 4 heterocycles. The standard InChI is InChI=1S/C24H24FN7O2/c1-16-3-6-22(32-27-7-8-28-32)20(9-16)24(33)31-12-17(2)15-34-23(31)14-30-13-18(10-29-30)21-5-4-19(25)11-26-21/h3-11,13,17,23H,12,14-15H2,1-2H3/t17-,23+/m1/s1. The second-order valence-electron chi connectivity index (χ2n) is 8.50. The SMILES string of the molecule is Cc1ccc(-n2nccn2)c(C(=O)N2C[C@@H](C)CO[C@H]2Cn2cc(-c3ccc(F)cn3)cn2)c1. The molecule has 0 N–H and O–H groups in total. The van der Waals surface area contributed by atoms with Gasteiger partial charge in [-0.05, 0) is 37.1 Å². The topological polar surface area (TPSA) is 91.0 Å². The van der Waals surface area contributed by atoms with Gasteiger partial charge in [-0.2, -0.15) is 20.1 Å². The van der Waals surface area contributed by atoms with E-state index in [9.17, 15) is 9.18 Å². The molecule has 1 aliphatic rings. The summed E-state index contributed by atoms with van der Waals surface area (Å²) in [6, 6.07) is 8.59. The first-order valence-corrected chi connectivity index (χ1v) is 11.0. The third-order valence-electron chi connectivity index (χ3n) is 5.71. The maximum atomic E-state index is 13.8. The summed E-state index contributed by atoms with van der Waals surface area (Å²) < 4.78 is 21.0. The summed E-state index contributed by atoms with van der Waals surface area (Å²) in [6.07, 6.45) is 7.31. The number of carbonyl (C=O) groups excluding carboxylic acids is 1. The number of amides is 1. The lowest BCUT2D eigenvalue weighted by Gasteiger charge is -2.38. The fraction of sp³-hybridized carbons (Fsp3) is 0.292. The Morgan fingerprint density at radius 1 is 1.15 bits per heavy atom. The maximum absolute atomic E-state index is 13.8. The Bertz CT molecular complexity index is 1290. The Morgan fingerprint density at radius 3 is 2.74 bits per heavy atom. The lowest BCUT2D eigenvalue weighted by atomic mass is 10.1. The molecule has 174 valence electrons. The second kappa shape index (κ2) is 9.14. The molecular weight excluding hydrogens is 437 g/mol. The molecular formula is C24H24FN7O2. The van der Waals surface area contributed by atoms with Crippen molar-refractivity contribution in [3.63, 3.8) is 0 Å². The molecule has 1 saturated heterocycles. The zero-order valence-corrected chi connectivity index (χ0v) is 18.9. The minimum Gasteiger partial charge on any atom is -0.356 e. The molecule has 34 heavy (non-hydrogen) atoms. The van der Waals surface area contributed by atoms with E-state index in [2.05, 4.69) is 27.2 Å². The van der Waals surface area contributed by atoms with Crippen molar-refractivity contribution in [1.29, 1.82) is 0 Å². The summed E-state index contributed by atoms with van der Waals surface area (Å²) in [7, 11) is 0. The number of hydrogen-bond donors (Lipinski definition) is 0. The van der Waals surface area contributed by atoms with Gasteiger partial charge in [0.15, 0.2) is 6.23 Å². The number of aryl methyl sites for hydroxylation is 1. The summed E-state index contributed by atoms with van der Waals surface area (Å²) in [6.45, 7) is 5.44. The average Bonchev–Trinajstić information content (AvgIpc) is 3.53. The molecule has 0 saturated carbocycles. The van der Waals surface area contributed by atoms with Crippen molar-refractivity contribution in [2.45, 2.75) is 26.6 Å². The van der Waals surface area contributed by atoms with Gasteiger partial charge in [-0.3, -0.25) is 14.5 Å². The monoisotopic (exact) mass is 461 g/mol. The number of benzene rings is 1. The van der Waals surface area contributed by atoms with Gasteiger partial charge in [-0.15, -0.1) is 0 Å². The highest BCUT2D eigenvalue weighted by Gasteiger charge is 2.33. The molecule has 0 bridgehead atoms. The Kier molecular flexibility index (Phi) is 5.89. The molecule has 3 aromatic heterocycles. The van der Waals surface area contributed by atoms with E-state index in [0.29, 0.717) is 36.6 Å². The molecule has 5 rings (SSSR count). The zero-order chi connectivity index (χ0) is 23.7. The molecule has 1 fully saturated rings. The number of carbonyl (C=O) groups is 1. The third kappa shape index (κ3) is 4.44. The minimum atomic E-state index is -0.503. The Morgan fingerprint density at radius 2 is 1.97 bits per heavy atom. The fourth-order valence-electron chi connectivity index (χ4n) is 4.03. The molecule has 1 amide bonds. The van der Waals surface area contributed by atoms with E-state index in [0.717, 1.165) is 11.1 Å². The van der Waals surface area contributed by atoms with Crippen molar-refractivity contribution in [3.05, 3.63) is 78.3 Å². The highest BCUT2D eigenvalue weighted by Crippen LogP contribution is 2.24. The van der Waals surface area contributed by atoms with Crippen LogP contribution in [0.4, 0.5) is 4.39 Å². The number of halogens is 1. The van der Waals surface area contributed by atoms with Crippen molar-refractivity contribution in [2.75, 3.05) is 13.2 Å². The van der Waals surface area contributed by atoms with Gasteiger partial charge in [0.25, 0.3) is 5.91 Å². The van der Waals surface area contributed by atoms with Crippen LogP contribution in [0.25, 0.3) is 16.9 Å². The number of nitrogens with zero attached hydrogens (tertiary/aromatic N) is 7. The second-order valence-corrected chi connectivity index (χ2v) is 8.50. The molecule has 2 atom stereocenters. The van der Waals surface area contributed by atoms with E-state index < -0.39 is 12.0 Å². The van der Waals surface area contributed by atoms with Crippen LogP contribution in [-0.4, -0.2) is 59.9 Å². The zero-order valence-electron chi connectivity index (χ0n) is 18.9. The first-order valence-electron chi connectivity index (χ1n) is 11.0. The summed E-state index contributed by atoms with van der Waals surface area (Å²) in [5.74, 6) is -0.358. The van der Waals surface area contributed by atoms with Gasteiger partial charge in [0.2, 0.25) is 0 Å². The molecule has 1 aromatic carbocycles. The summed E-state index contributed by atoms with van der Waals surface area (Å²) in [5.41, 5.74) is 3.46. The van der Waals surface area contributed by atoms with E-state index >= 15 is 0 Å². The molecule has 0 unspecified atom stereocenters. The normalized spacial score (nSPS) is 18.3. The molecule has 10 heteroatoms. The Balaban J connectivity index is 1.42. The van der Waals surface area contributed by atoms with Gasteiger partial charge in [0.05, 0.1) is 54.9 Å². The number of rotatable bonds is 5. The van der Waals surface area contributed by atoms with E-state index in [1.54, 1.807) is 34.2 Å². The number of aromatic nitrogens is 6. The van der Waals surface area contributed by atoms with Crippen molar-refractivity contribution < 1.29 is 13.9 Å². The third-order valence-corrected chi connectivity index (χ3v) is 5.71. The summed E-state index contributed by atoms with van der Waals surface area (Å²) in [4.78, 5) is 21.1. The van der Waals surface area contributed by atoms with E-state index in [1.807, 2.05) is 31.3 Å². The summed E-state index contributed by atoms with van der Waals surface area (Å²) >= 11 is 0. The van der Waals surface area contributed by atoms with Crippen LogP contribution in [0.1, 0.15) is 22.8 Å². The molecule has 0 aliphatic carbocycles. The van der Waals surface area contributed by atoms with E-state index in [-0.39, 0.29) is 11.8 Å². The average molecular weight is 462 g/mol. The number of ether oxygens (including phenoxy) is 1. The van der Waals surface area contributed by atoms with Crippen LogP contribution < -0.4 is 0 Å². The van der Waals surface area contributed by atoms with Crippen LogP contribution in [-0.2, 0) is 11.3 Å². The lowest BCUT2D eigenvalue weighted by molar-refractivity contribution is -0.106. The first kappa shape index (κ1) is 21.9. The molecule has 0 radical (unpaired) electrons. The van der Waals surface area contributed by atoms with Gasteiger partial charge in [0, 0.05) is 18.3 Å². The van der Waals surface area contributed by atoms with Gasteiger partial charge >= 0.3 is 0 Å². The van der Waals surface area contributed by atoms with E-state index in [1.165, 1.54) is 17.1 Å². The molecule has 1 aliphatic heterocycles.